The minimum absolute atomic E-state index is 0.0512. The summed E-state index contributed by atoms with van der Waals surface area (Å²) in [6, 6.07) is 22.3. The van der Waals surface area contributed by atoms with Gasteiger partial charge in [0.25, 0.3) is 5.91 Å². The minimum Gasteiger partial charge on any atom is -0.351 e. The van der Waals surface area contributed by atoms with Gasteiger partial charge in [0.2, 0.25) is 5.91 Å². The third-order valence-corrected chi connectivity index (χ3v) is 7.85. The molecule has 35 heavy (non-hydrogen) atoms. The highest BCUT2D eigenvalue weighted by molar-refractivity contribution is 6.00. The molecular formula is C30H35N3O2. The number of aryl methyl sites for hydroxylation is 1. The maximum atomic E-state index is 14.0. The number of nitrogens with zero attached hydrogens (tertiary/aromatic N) is 2. The van der Waals surface area contributed by atoms with E-state index in [1.807, 2.05) is 54.0 Å². The Morgan fingerprint density at radius 3 is 2.29 bits per heavy atom. The van der Waals surface area contributed by atoms with Crippen molar-refractivity contribution in [2.24, 2.45) is 0 Å². The first-order chi connectivity index (χ1) is 17.0. The molecule has 1 fully saturated rings. The molecule has 5 heteroatoms. The molecule has 0 spiro atoms. The number of rotatable bonds is 5. The van der Waals surface area contributed by atoms with Crippen LogP contribution in [-0.2, 0) is 17.9 Å². The van der Waals surface area contributed by atoms with Gasteiger partial charge in [0.15, 0.2) is 0 Å². The van der Waals surface area contributed by atoms with E-state index in [2.05, 4.69) is 36.5 Å². The maximum Gasteiger partial charge on any atom is 0.271 e. The predicted octanol–water partition coefficient (Wildman–Crippen LogP) is 5.72. The van der Waals surface area contributed by atoms with E-state index < -0.39 is 5.54 Å². The molecule has 2 amide bonds. The van der Waals surface area contributed by atoms with Crippen LogP contribution in [0.4, 0.5) is 0 Å². The van der Waals surface area contributed by atoms with Gasteiger partial charge in [0.05, 0.1) is 6.54 Å². The number of hydrogen-bond donors (Lipinski definition) is 1. The molecule has 182 valence electrons. The van der Waals surface area contributed by atoms with Crippen LogP contribution in [0, 0.1) is 6.92 Å². The van der Waals surface area contributed by atoms with Crippen LogP contribution in [0.1, 0.15) is 67.1 Å². The van der Waals surface area contributed by atoms with Gasteiger partial charge < -0.3 is 14.8 Å². The molecule has 0 saturated heterocycles. The molecular weight excluding hydrogens is 434 g/mol. The number of nitrogens with one attached hydrogen (secondary N) is 1. The summed E-state index contributed by atoms with van der Waals surface area (Å²) in [6.07, 6.45) is 6.78. The zero-order valence-electron chi connectivity index (χ0n) is 20.8. The van der Waals surface area contributed by atoms with Gasteiger partial charge in [-0.3, -0.25) is 9.59 Å². The van der Waals surface area contributed by atoms with Crippen molar-refractivity contribution in [1.82, 2.24) is 14.8 Å². The normalized spacial score (nSPS) is 20.9. The van der Waals surface area contributed by atoms with Crippen LogP contribution in [0.5, 0.6) is 0 Å². The fourth-order valence-electron chi connectivity index (χ4n) is 5.60. The number of hydrogen-bond acceptors (Lipinski definition) is 2. The van der Waals surface area contributed by atoms with Gasteiger partial charge in [0.1, 0.15) is 11.2 Å². The quantitative estimate of drug-likeness (QED) is 0.486. The van der Waals surface area contributed by atoms with E-state index in [4.69, 9.17) is 0 Å². The van der Waals surface area contributed by atoms with Crippen LogP contribution in [0.25, 0.3) is 11.3 Å². The average molecular weight is 470 g/mol. The summed E-state index contributed by atoms with van der Waals surface area (Å²) in [6.45, 7) is 4.83. The van der Waals surface area contributed by atoms with E-state index in [0.29, 0.717) is 18.8 Å². The average Bonchev–Trinajstić information content (AvgIpc) is 3.11. The molecule has 0 bridgehead atoms. The predicted molar refractivity (Wildman–Crippen MR) is 139 cm³/mol. The summed E-state index contributed by atoms with van der Waals surface area (Å²) in [4.78, 5) is 29.8. The number of fused-ring (bicyclic) bond motifs is 1. The van der Waals surface area contributed by atoms with E-state index in [0.717, 1.165) is 48.1 Å². The monoisotopic (exact) mass is 469 g/mol. The van der Waals surface area contributed by atoms with Crippen molar-refractivity contribution in [3.63, 3.8) is 0 Å². The van der Waals surface area contributed by atoms with Gasteiger partial charge in [-0.15, -0.1) is 0 Å². The van der Waals surface area contributed by atoms with E-state index in [-0.39, 0.29) is 17.9 Å². The number of amides is 2. The first kappa shape index (κ1) is 23.4. The Morgan fingerprint density at radius 2 is 1.57 bits per heavy atom. The molecule has 1 aromatic heterocycles. The Morgan fingerprint density at radius 1 is 0.914 bits per heavy atom. The molecule has 1 aliphatic carbocycles. The fraction of sp³-hybridized carbons (Fsp3) is 0.400. The lowest BCUT2D eigenvalue weighted by Gasteiger charge is -2.45. The molecule has 5 nitrogen and oxygen atoms in total. The molecule has 1 aliphatic heterocycles. The Labute approximate surface area is 208 Å². The van der Waals surface area contributed by atoms with Gasteiger partial charge >= 0.3 is 0 Å². The highest BCUT2D eigenvalue weighted by atomic mass is 16.2. The van der Waals surface area contributed by atoms with E-state index in [1.165, 1.54) is 12.8 Å². The fourth-order valence-corrected chi connectivity index (χ4v) is 5.60. The van der Waals surface area contributed by atoms with Gasteiger partial charge in [-0.1, -0.05) is 80.3 Å². The van der Waals surface area contributed by atoms with Crippen LogP contribution in [-0.4, -0.2) is 32.9 Å². The third-order valence-electron chi connectivity index (χ3n) is 7.85. The summed E-state index contributed by atoms with van der Waals surface area (Å²) < 4.78 is 2.04. The smallest absolute Gasteiger partial charge is 0.271 e. The first-order valence-corrected chi connectivity index (χ1v) is 12.9. The third kappa shape index (κ3) is 4.52. The molecule has 2 aromatic carbocycles. The second kappa shape index (κ2) is 9.73. The topological polar surface area (TPSA) is 54.3 Å². The zero-order chi connectivity index (χ0) is 24.4. The molecule has 0 unspecified atom stereocenters. The van der Waals surface area contributed by atoms with Crippen molar-refractivity contribution in [3.8, 4) is 11.3 Å². The van der Waals surface area contributed by atoms with Crippen LogP contribution >= 0.6 is 0 Å². The van der Waals surface area contributed by atoms with Gasteiger partial charge in [0, 0.05) is 18.3 Å². The summed E-state index contributed by atoms with van der Waals surface area (Å²) in [5.41, 5.74) is 3.84. The summed E-state index contributed by atoms with van der Waals surface area (Å²) in [7, 11) is 0. The van der Waals surface area contributed by atoms with Crippen LogP contribution in [0.3, 0.4) is 0 Å². The van der Waals surface area contributed by atoms with Crippen LogP contribution in [0.2, 0.25) is 0 Å². The molecule has 1 atom stereocenters. The van der Waals surface area contributed by atoms with Crippen LogP contribution < -0.4 is 5.32 Å². The number of carbonyl (C=O) groups excluding carboxylic acids is 2. The Bertz CT molecular complexity index is 1210. The molecule has 1 N–H and O–H groups in total. The second-order valence-electron chi connectivity index (χ2n) is 10.3. The lowest BCUT2D eigenvalue weighted by molar-refractivity contribution is -0.134. The lowest BCUT2D eigenvalue weighted by Crippen LogP contribution is -2.64. The molecule has 2 heterocycles. The number of carbonyl (C=O) groups is 2. The van der Waals surface area contributed by atoms with Crippen molar-refractivity contribution in [3.05, 3.63) is 83.6 Å². The molecule has 3 aromatic rings. The molecule has 2 aliphatic rings. The van der Waals surface area contributed by atoms with E-state index >= 15 is 0 Å². The van der Waals surface area contributed by atoms with Gasteiger partial charge in [-0.25, -0.2) is 0 Å². The van der Waals surface area contributed by atoms with Crippen molar-refractivity contribution in [1.29, 1.82) is 0 Å². The molecule has 0 radical (unpaired) electrons. The number of benzene rings is 2. The number of aromatic nitrogens is 1. The molecule has 5 rings (SSSR count). The van der Waals surface area contributed by atoms with Crippen molar-refractivity contribution < 1.29 is 9.59 Å². The standard InChI is InChI=1S/C30H35N3O2/c1-22-12-10-11-15-24(22)20-33-28(34)27-19-18-26(23-13-6-5-7-14-23)32(27)21-30(33,2)29(35)31-25-16-8-3-4-9-17-25/h5-7,10-15,18-19,25H,3-4,8-9,16-17,20-21H2,1-2H3,(H,31,35)/t30-/m0/s1. The lowest BCUT2D eigenvalue weighted by atomic mass is 9.92. The Balaban J connectivity index is 1.54. The van der Waals surface area contributed by atoms with Crippen LogP contribution in [0.15, 0.2) is 66.7 Å². The van der Waals surface area contributed by atoms with E-state index in [1.54, 1.807) is 4.90 Å². The summed E-state index contributed by atoms with van der Waals surface area (Å²) >= 11 is 0. The SMILES string of the molecule is Cc1ccccc1CN1C(=O)c2ccc(-c3ccccc3)n2C[C@@]1(C)C(=O)NC1CCCCCC1. The van der Waals surface area contributed by atoms with Crippen molar-refractivity contribution in [2.75, 3.05) is 0 Å². The van der Waals surface area contributed by atoms with Crippen molar-refractivity contribution >= 4 is 11.8 Å². The van der Waals surface area contributed by atoms with Gasteiger partial charge in [-0.05, 0) is 55.5 Å². The molecule has 1 saturated carbocycles. The minimum atomic E-state index is -0.999. The Kier molecular flexibility index (Phi) is 6.50. The summed E-state index contributed by atoms with van der Waals surface area (Å²) in [5.74, 6) is -0.148. The van der Waals surface area contributed by atoms with Crippen molar-refractivity contribution in [2.45, 2.75) is 77.0 Å². The highest BCUT2D eigenvalue weighted by Gasteiger charge is 2.48. The van der Waals surface area contributed by atoms with E-state index in [9.17, 15) is 9.59 Å². The second-order valence-corrected chi connectivity index (χ2v) is 10.3. The summed E-state index contributed by atoms with van der Waals surface area (Å²) in [5, 5.41) is 3.36. The highest BCUT2D eigenvalue weighted by Crippen LogP contribution is 2.35. The maximum absolute atomic E-state index is 14.0. The first-order valence-electron chi connectivity index (χ1n) is 12.9. The van der Waals surface area contributed by atoms with Gasteiger partial charge in [-0.2, -0.15) is 0 Å². The largest absolute Gasteiger partial charge is 0.351 e. The Hall–Kier alpha value is -3.34. The zero-order valence-corrected chi connectivity index (χ0v) is 20.8.